The first-order valence-corrected chi connectivity index (χ1v) is 7.84. The molecule has 2 aromatic carbocycles. The topological polar surface area (TPSA) is 56.4 Å². The summed E-state index contributed by atoms with van der Waals surface area (Å²) in [5, 5.41) is 1.01. The molecular formula is C19H17N3O2. The number of fused-ring (bicyclic) bond motifs is 2. The zero-order valence-corrected chi connectivity index (χ0v) is 13.5. The van der Waals surface area contributed by atoms with E-state index < -0.39 is 6.17 Å². The van der Waals surface area contributed by atoms with Gasteiger partial charge in [-0.05, 0) is 18.2 Å². The SMILES string of the molecule is CC(=O)N1c2ccccc2N(C(C)=O)C1c1c[nH]c2ccccc12. The molecule has 0 atom stereocenters. The highest BCUT2D eigenvalue weighted by Crippen LogP contribution is 2.47. The molecule has 2 amide bonds. The number of benzene rings is 2. The molecule has 0 saturated heterocycles. The number of para-hydroxylation sites is 3. The molecule has 0 saturated carbocycles. The van der Waals surface area contributed by atoms with Crippen LogP contribution in [-0.4, -0.2) is 16.8 Å². The first-order valence-electron chi connectivity index (χ1n) is 7.84. The van der Waals surface area contributed by atoms with Gasteiger partial charge in [0, 0.05) is 36.5 Å². The van der Waals surface area contributed by atoms with Crippen LogP contribution in [0.4, 0.5) is 11.4 Å². The number of H-pyrrole nitrogens is 1. The predicted molar refractivity (Wildman–Crippen MR) is 93.8 cm³/mol. The normalized spacial score (nSPS) is 14.2. The molecular weight excluding hydrogens is 302 g/mol. The summed E-state index contributed by atoms with van der Waals surface area (Å²) in [7, 11) is 0. The second-order valence-electron chi connectivity index (χ2n) is 5.93. The summed E-state index contributed by atoms with van der Waals surface area (Å²) in [6, 6.07) is 15.4. The van der Waals surface area contributed by atoms with Crippen molar-refractivity contribution in [3.63, 3.8) is 0 Å². The lowest BCUT2D eigenvalue weighted by atomic mass is 10.1. The van der Waals surface area contributed by atoms with Crippen molar-refractivity contribution < 1.29 is 9.59 Å². The number of aromatic nitrogens is 1. The van der Waals surface area contributed by atoms with Gasteiger partial charge in [-0.3, -0.25) is 19.4 Å². The van der Waals surface area contributed by atoms with E-state index in [1.807, 2.05) is 54.7 Å². The number of aromatic amines is 1. The third-order valence-corrected chi connectivity index (χ3v) is 4.47. The molecule has 24 heavy (non-hydrogen) atoms. The monoisotopic (exact) mass is 319 g/mol. The molecule has 0 unspecified atom stereocenters. The number of nitrogens with one attached hydrogen (secondary N) is 1. The standard InChI is InChI=1S/C19H17N3O2/c1-12(23)21-17-9-5-6-10-18(17)22(13(2)24)19(21)15-11-20-16-8-4-3-7-14(15)16/h3-11,19-20H,1-2H3. The third kappa shape index (κ3) is 1.94. The van der Waals surface area contributed by atoms with Crippen molar-refractivity contribution in [3.8, 4) is 0 Å². The molecule has 0 radical (unpaired) electrons. The number of amides is 2. The quantitative estimate of drug-likeness (QED) is 0.745. The van der Waals surface area contributed by atoms with Crippen LogP contribution < -0.4 is 9.80 Å². The van der Waals surface area contributed by atoms with Crippen molar-refractivity contribution in [2.45, 2.75) is 20.0 Å². The number of rotatable bonds is 1. The van der Waals surface area contributed by atoms with E-state index in [1.165, 1.54) is 13.8 Å². The lowest BCUT2D eigenvalue weighted by Crippen LogP contribution is -2.40. The van der Waals surface area contributed by atoms with Gasteiger partial charge in [-0.1, -0.05) is 30.3 Å². The molecule has 1 aliphatic heterocycles. The number of nitrogens with zero attached hydrogens (tertiary/aromatic N) is 2. The predicted octanol–water partition coefficient (Wildman–Crippen LogP) is 3.59. The summed E-state index contributed by atoms with van der Waals surface area (Å²) < 4.78 is 0. The molecule has 1 aliphatic rings. The fourth-order valence-corrected chi connectivity index (χ4v) is 3.52. The van der Waals surface area contributed by atoms with Crippen molar-refractivity contribution in [2.24, 2.45) is 0 Å². The second kappa shape index (κ2) is 5.23. The number of carbonyl (C=O) groups excluding carboxylic acids is 2. The van der Waals surface area contributed by atoms with E-state index in [4.69, 9.17) is 0 Å². The van der Waals surface area contributed by atoms with E-state index in [-0.39, 0.29) is 11.8 Å². The molecule has 5 nitrogen and oxygen atoms in total. The van der Waals surface area contributed by atoms with Gasteiger partial charge in [0.15, 0.2) is 0 Å². The van der Waals surface area contributed by atoms with E-state index >= 15 is 0 Å². The molecule has 4 rings (SSSR count). The Bertz CT molecular complexity index is 919. The zero-order chi connectivity index (χ0) is 16.8. The Kier molecular flexibility index (Phi) is 3.16. The van der Waals surface area contributed by atoms with E-state index in [1.54, 1.807) is 9.80 Å². The van der Waals surface area contributed by atoms with Crippen molar-refractivity contribution in [1.29, 1.82) is 0 Å². The maximum atomic E-state index is 12.4. The lowest BCUT2D eigenvalue weighted by molar-refractivity contribution is -0.118. The van der Waals surface area contributed by atoms with Gasteiger partial charge < -0.3 is 4.98 Å². The van der Waals surface area contributed by atoms with E-state index in [0.29, 0.717) is 0 Å². The average molecular weight is 319 g/mol. The Labute approximate surface area is 139 Å². The molecule has 0 fully saturated rings. The Balaban J connectivity index is 1.98. The first kappa shape index (κ1) is 14.5. The largest absolute Gasteiger partial charge is 0.361 e. The number of carbonyl (C=O) groups is 2. The van der Waals surface area contributed by atoms with Crippen LogP contribution in [0.3, 0.4) is 0 Å². The zero-order valence-electron chi connectivity index (χ0n) is 13.5. The minimum atomic E-state index is -0.478. The van der Waals surface area contributed by atoms with Gasteiger partial charge in [0.1, 0.15) is 6.17 Å². The summed E-state index contributed by atoms with van der Waals surface area (Å²) in [5.41, 5.74) is 3.41. The van der Waals surface area contributed by atoms with Crippen LogP contribution in [0, 0.1) is 0 Å². The van der Waals surface area contributed by atoms with Crippen LogP contribution in [0.2, 0.25) is 0 Å². The Morgan fingerprint density at radius 2 is 1.42 bits per heavy atom. The molecule has 0 bridgehead atoms. The van der Waals surface area contributed by atoms with Gasteiger partial charge in [0.2, 0.25) is 11.8 Å². The molecule has 3 aromatic rings. The Morgan fingerprint density at radius 3 is 2.00 bits per heavy atom. The second-order valence-corrected chi connectivity index (χ2v) is 5.93. The molecule has 5 heteroatoms. The van der Waals surface area contributed by atoms with Crippen molar-refractivity contribution in [3.05, 3.63) is 60.3 Å². The van der Waals surface area contributed by atoms with Gasteiger partial charge in [0.25, 0.3) is 0 Å². The summed E-state index contributed by atoms with van der Waals surface area (Å²) >= 11 is 0. The van der Waals surface area contributed by atoms with E-state index in [0.717, 1.165) is 27.8 Å². The van der Waals surface area contributed by atoms with Crippen LogP contribution in [0.25, 0.3) is 10.9 Å². The smallest absolute Gasteiger partial charge is 0.225 e. The Morgan fingerprint density at radius 1 is 0.875 bits per heavy atom. The number of hydrogen-bond donors (Lipinski definition) is 1. The van der Waals surface area contributed by atoms with Gasteiger partial charge >= 0.3 is 0 Å². The third-order valence-electron chi connectivity index (χ3n) is 4.47. The van der Waals surface area contributed by atoms with Gasteiger partial charge in [-0.15, -0.1) is 0 Å². The van der Waals surface area contributed by atoms with Crippen LogP contribution in [0.5, 0.6) is 0 Å². The minimum absolute atomic E-state index is 0.0959. The minimum Gasteiger partial charge on any atom is -0.361 e. The fourth-order valence-electron chi connectivity index (χ4n) is 3.52. The highest BCUT2D eigenvalue weighted by atomic mass is 16.2. The van der Waals surface area contributed by atoms with Crippen molar-refractivity contribution in [2.75, 3.05) is 9.80 Å². The van der Waals surface area contributed by atoms with E-state index in [9.17, 15) is 9.59 Å². The lowest BCUT2D eigenvalue weighted by Gasteiger charge is -2.29. The van der Waals surface area contributed by atoms with E-state index in [2.05, 4.69) is 4.98 Å². The highest BCUT2D eigenvalue weighted by Gasteiger charge is 2.42. The Hall–Kier alpha value is -3.08. The van der Waals surface area contributed by atoms with Crippen LogP contribution in [-0.2, 0) is 9.59 Å². The van der Waals surface area contributed by atoms with Crippen LogP contribution in [0.1, 0.15) is 25.6 Å². The fraction of sp³-hybridized carbons (Fsp3) is 0.158. The van der Waals surface area contributed by atoms with Crippen LogP contribution >= 0.6 is 0 Å². The van der Waals surface area contributed by atoms with Crippen molar-refractivity contribution in [1.82, 2.24) is 4.98 Å². The van der Waals surface area contributed by atoms with Gasteiger partial charge in [0.05, 0.1) is 11.4 Å². The number of anilines is 2. The maximum Gasteiger partial charge on any atom is 0.225 e. The molecule has 1 N–H and O–H groups in total. The van der Waals surface area contributed by atoms with Gasteiger partial charge in [-0.25, -0.2) is 0 Å². The first-order chi connectivity index (χ1) is 11.6. The van der Waals surface area contributed by atoms with Gasteiger partial charge in [-0.2, -0.15) is 0 Å². The molecule has 2 heterocycles. The van der Waals surface area contributed by atoms with Crippen molar-refractivity contribution >= 4 is 34.1 Å². The molecule has 120 valence electrons. The highest BCUT2D eigenvalue weighted by molar-refractivity contribution is 6.08. The average Bonchev–Trinajstić information content (AvgIpc) is 3.13. The maximum absolute atomic E-state index is 12.4. The van der Waals surface area contributed by atoms with Crippen LogP contribution in [0.15, 0.2) is 54.7 Å². The summed E-state index contributed by atoms with van der Waals surface area (Å²) in [6.45, 7) is 3.06. The summed E-state index contributed by atoms with van der Waals surface area (Å²) in [5.74, 6) is -0.192. The summed E-state index contributed by atoms with van der Waals surface area (Å²) in [4.78, 5) is 31.4. The number of hydrogen-bond acceptors (Lipinski definition) is 2. The molecule has 0 aliphatic carbocycles. The molecule has 1 aromatic heterocycles. The summed E-state index contributed by atoms with van der Waals surface area (Å²) in [6.07, 6.45) is 1.40. The molecule has 0 spiro atoms.